The Morgan fingerprint density at radius 1 is 0.473 bits per heavy atom. The number of phenolic OH excluding ortho intramolecular Hbond substituents is 12. The van der Waals surface area contributed by atoms with E-state index < -0.39 is 153 Å². The van der Waals surface area contributed by atoms with E-state index in [1.165, 1.54) is 0 Å². The lowest BCUT2D eigenvalue weighted by Gasteiger charge is -2.39. The minimum Gasteiger partial charge on any atom is -0.504 e. The van der Waals surface area contributed by atoms with Crippen LogP contribution in [-0.2, 0) is 23.7 Å². The van der Waals surface area contributed by atoms with Gasteiger partial charge < -0.3 is 85.0 Å². The molecular weight excluding hydrogens is 744 g/mol. The highest BCUT2D eigenvalue weighted by Crippen LogP contribution is 2.40. The van der Waals surface area contributed by atoms with Crippen LogP contribution >= 0.6 is 0 Å². The minimum atomic E-state index is -2.19. The first-order valence-electron chi connectivity index (χ1n) is 15.3. The summed E-state index contributed by atoms with van der Waals surface area (Å²) in [4.78, 5) is 52.7. The van der Waals surface area contributed by atoms with Crippen molar-refractivity contribution in [1.82, 2.24) is 0 Å². The van der Waals surface area contributed by atoms with Crippen LogP contribution < -0.4 is 0 Å². The van der Waals surface area contributed by atoms with Crippen molar-refractivity contribution in [2.24, 2.45) is 0 Å². The fourth-order valence-corrected chi connectivity index (χ4v) is 5.05. The van der Waals surface area contributed by atoms with Gasteiger partial charge in [0, 0.05) is 6.42 Å². The third kappa shape index (κ3) is 8.20. The summed E-state index contributed by atoms with van der Waals surface area (Å²) in [5, 5.41) is 118. The van der Waals surface area contributed by atoms with Crippen molar-refractivity contribution in [1.29, 1.82) is 0 Å². The molecule has 1 saturated heterocycles. The van der Waals surface area contributed by atoms with Crippen LogP contribution in [0.5, 0.6) is 69.0 Å². The van der Waals surface area contributed by atoms with Crippen LogP contribution in [0.2, 0.25) is 0 Å². The molecule has 12 N–H and O–H groups in total. The van der Waals surface area contributed by atoms with Crippen LogP contribution in [0.3, 0.4) is 0 Å². The summed E-state index contributed by atoms with van der Waals surface area (Å²) in [5.74, 6) is -17.0. The van der Waals surface area contributed by atoms with Crippen LogP contribution in [0.25, 0.3) is 0 Å². The van der Waals surface area contributed by atoms with Crippen molar-refractivity contribution in [3.8, 4) is 69.0 Å². The maximum absolute atomic E-state index is 13.3. The molecule has 0 amide bonds. The van der Waals surface area contributed by atoms with E-state index >= 15 is 0 Å². The van der Waals surface area contributed by atoms with Gasteiger partial charge in [0.25, 0.3) is 0 Å². The average Bonchev–Trinajstić information content (AvgIpc) is 3.13. The average molecular weight is 773 g/mol. The van der Waals surface area contributed by atoms with Gasteiger partial charge in [-0.3, -0.25) is 0 Å². The van der Waals surface area contributed by atoms with E-state index in [4.69, 9.17) is 23.7 Å². The Morgan fingerprint density at radius 2 is 0.782 bits per heavy atom. The Kier molecular flexibility index (Phi) is 10.6. The number of carbonyl (C=O) groups is 4. The van der Waals surface area contributed by atoms with Gasteiger partial charge in [-0.15, -0.1) is 0 Å². The number of ether oxygens (including phenoxy) is 5. The number of hydrogen-bond acceptors (Lipinski definition) is 21. The van der Waals surface area contributed by atoms with E-state index in [1.54, 1.807) is 0 Å². The molecule has 0 aromatic heterocycles. The predicted molar refractivity (Wildman–Crippen MR) is 173 cm³/mol. The topological polar surface area (TPSA) is 357 Å². The number of hydrogen-bond donors (Lipinski definition) is 12. The fraction of sp³-hybridized carbons (Fsp3) is 0.176. The third-order valence-electron chi connectivity index (χ3n) is 7.80. The Hall–Kier alpha value is -7.68. The molecule has 4 aromatic rings. The number of rotatable bonds is 9. The predicted octanol–water partition coefficient (Wildman–Crippen LogP) is 1.73. The van der Waals surface area contributed by atoms with Crippen LogP contribution in [0.1, 0.15) is 47.9 Å². The normalized spacial score (nSPS) is 17.8. The van der Waals surface area contributed by atoms with E-state index in [0.29, 0.717) is 36.4 Å². The summed E-state index contributed by atoms with van der Waals surface area (Å²) < 4.78 is 27.2. The molecule has 55 heavy (non-hydrogen) atoms. The second-order valence-electron chi connectivity index (χ2n) is 11.6. The monoisotopic (exact) mass is 772 g/mol. The van der Waals surface area contributed by atoms with Crippen molar-refractivity contribution in [3.05, 3.63) is 70.8 Å². The molecule has 1 aliphatic rings. The van der Waals surface area contributed by atoms with Crippen LogP contribution in [0.4, 0.5) is 0 Å². The molecule has 1 aliphatic heterocycles. The molecule has 0 bridgehead atoms. The molecule has 0 aliphatic carbocycles. The van der Waals surface area contributed by atoms with E-state index in [1.807, 2.05) is 0 Å². The van der Waals surface area contributed by atoms with Crippen molar-refractivity contribution in [3.63, 3.8) is 0 Å². The zero-order chi connectivity index (χ0) is 40.5. The van der Waals surface area contributed by atoms with Gasteiger partial charge in [0.2, 0.25) is 12.4 Å². The maximum Gasteiger partial charge on any atom is 0.340 e. The van der Waals surface area contributed by atoms with Gasteiger partial charge in [0.1, 0.15) is 12.7 Å². The van der Waals surface area contributed by atoms with Gasteiger partial charge in [-0.25, -0.2) is 19.2 Å². The largest absolute Gasteiger partial charge is 0.504 e. The lowest BCUT2D eigenvalue weighted by atomic mass is 10.0. The standard InChI is InChI=1S/C34H28O21/c35-16-1-11(2-17(36)25(16)43)30(47)51-10-15-9-24(53-31(48)12-3-18(37)26(44)19(38)4-12)29(54-32(49)13-5-20(39)27(45)21(40)6-13)34(52-15)55-33(50)14-7-22(41)28(46)23(42)8-14/h1-8,15,24,29,34-46H,9-10H2/t15-,24-,29+,34-/m0/s1. The first kappa shape index (κ1) is 38.5. The van der Waals surface area contributed by atoms with Crippen molar-refractivity contribution in [2.45, 2.75) is 31.0 Å². The van der Waals surface area contributed by atoms with Gasteiger partial charge in [-0.05, 0) is 48.5 Å². The molecule has 0 radical (unpaired) electrons. The Morgan fingerprint density at radius 3 is 1.15 bits per heavy atom. The second kappa shape index (κ2) is 15.1. The van der Waals surface area contributed by atoms with Gasteiger partial charge in [-0.1, -0.05) is 0 Å². The summed E-state index contributed by atoms with van der Waals surface area (Å²) in [6, 6.07) is 5.49. The van der Waals surface area contributed by atoms with Crippen LogP contribution in [0.15, 0.2) is 48.5 Å². The van der Waals surface area contributed by atoms with Gasteiger partial charge >= 0.3 is 23.9 Å². The molecule has 0 unspecified atom stereocenters. The number of aromatic hydroxyl groups is 12. The molecule has 5 rings (SSSR count). The molecule has 4 atom stereocenters. The number of esters is 4. The summed E-state index contributed by atoms with van der Waals surface area (Å²) in [7, 11) is 0. The fourth-order valence-electron chi connectivity index (χ4n) is 5.05. The second-order valence-corrected chi connectivity index (χ2v) is 11.6. The minimum absolute atomic E-state index is 0.472. The molecule has 1 fully saturated rings. The van der Waals surface area contributed by atoms with Crippen molar-refractivity contribution < 1.29 is 104 Å². The SMILES string of the molecule is O=C(OC[C@@H]1C[C@H](OC(=O)c2cc(O)c(O)c(O)c2)[C@@H](OC(=O)c2cc(O)c(O)c(O)c2)[C@H](OC(=O)c2cc(O)c(O)c(O)c2)O1)c1cc(O)c(O)c(O)c1. The maximum atomic E-state index is 13.3. The summed E-state index contributed by atoms with van der Waals surface area (Å²) in [5.41, 5.74) is -2.31. The molecule has 0 saturated carbocycles. The van der Waals surface area contributed by atoms with E-state index in [9.17, 15) is 80.5 Å². The summed E-state index contributed by atoms with van der Waals surface area (Å²) in [6.07, 6.45) is -8.12. The molecule has 1 heterocycles. The lowest BCUT2D eigenvalue weighted by molar-refractivity contribution is -0.250. The van der Waals surface area contributed by atoms with Crippen LogP contribution in [0, 0.1) is 0 Å². The first-order chi connectivity index (χ1) is 25.8. The van der Waals surface area contributed by atoms with Gasteiger partial charge in [0.05, 0.1) is 28.4 Å². The van der Waals surface area contributed by atoms with Crippen molar-refractivity contribution >= 4 is 23.9 Å². The highest BCUT2D eigenvalue weighted by molar-refractivity contribution is 5.93. The lowest BCUT2D eigenvalue weighted by Crippen LogP contribution is -2.54. The summed E-state index contributed by atoms with van der Waals surface area (Å²) in [6.45, 7) is -0.800. The van der Waals surface area contributed by atoms with E-state index in [2.05, 4.69) is 0 Å². The highest BCUT2D eigenvalue weighted by Gasteiger charge is 2.47. The zero-order valence-electron chi connectivity index (χ0n) is 27.4. The van der Waals surface area contributed by atoms with Crippen LogP contribution in [-0.4, -0.2) is 116 Å². The van der Waals surface area contributed by atoms with Gasteiger partial charge in [0.15, 0.2) is 69.0 Å². The Labute approximate surface area is 305 Å². The quantitative estimate of drug-likeness (QED) is 0.0654. The van der Waals surface area contributed by atoms with Crippen molar-refractivity contribution in [2.75, 3.05) is 6.61 Å². The molecule has 290 valence electrons. The van der Waals surface area contributed by atoms with E-state index in [-0.39, 0.29) is 0 Å². The molecule has 0 spiro atoms. The third-order valence-corrected chi connectivity index (χ3v) is 7.80. The summed E-state index contributed by atoms with van der Waals surface area (Å²) >= 11 is 0. The highest BCUT2D eigenvalue weighted by atomic mass is 16.7. The number of benzene rings is 4. The Balaban J connectivity index is 1.52. The smallest absolute Gasteiger partial charge is 0.340 e. The first-order valence-corrected chi connectivity index (χ1v) is 15.3. The number of phenols is 12. The van der Waals surface area contributed by atoms with Gasteiger partial charge in [-0.2, -0.15) is 0 Å². The van der Waals surface area contributed by atoms with E-state index in [0.717, 1.165) is 12.1 Å². The zero-order valence-corrected chi connectivity index (χ0v) is 27.4. The molecule has 21 heteroatoms. The number of carbonyl (C=O) groups excluding carboxylic acids is 4. The molecular formula is C34H28O21. The molecule has 4 aromatic carbocycles. The molecule has 21 nitrogen and oxygen atoms in total. The Bertz CT molecular complexity index is 2020.